The fraction of sp³-hybridized carbons (Fsp3) is 0.600. The van der Waals surface area contributed by atoms with Crippen LogP contribution in [0.2, 0.25) is 0 Å². The Bertz CT molecular complexity index is 262. The summed E-state index contributed by atoms with van der Waals surface area (Å²) >= 11 is 1.69. The topological polar surface area (TPSA) is 21.3 Å². The van der Waals surface area contributed by atoms with Gasteiger partial charge >= 0.3 is 0 Å². The van der Waals surface area contributed by atoms with Gasteiger partial charge in [0.15, 0.2) is 5.06 Å². The van der Waals surface area contributed by atoms with Gasteiger partial charge in [-0.2, -0.15) is 0 Å². The molecule has 2 nitrogen and oxygen atoms in total. The Morgan fingerprint density at radius 3 is 2.54 bits per heavy atom. The van der Waals surface area contributed by atoms with Crippen LogP contribution >= 0.6 is 11.3 Å². The molecular weight excluding hydrogens is 182 g/mol. The lowest BCUT2D eigenvalue weighted by atomic mass is 10.1. The number of hydrogen-bond acceptors (Lipinski definition) is 3. The summed E-state index contributed by atoms with van der Waals surface area (Å²) in [5, 5.41) is 4.41. The van der Waals surface area contributed by atoms with E-state index in [4.69, 9.17) is 4.74 Å². The SMILES string of the molecule is COc1ccc(CNC(C)(C)C)s1. The summed E-state index contributed by atoms with van der Waals surface area (Å²) in [6.07, 6.45) is 0. The molecule has 0 fully saturated rings. The molecule has 13 heavy (non-hydrogen) atoms. The Morgan fingerprint density at radius 1 is 1.38 bits per heavy atom. The summed E-state index contributed by atoms with van der Waals surface area (Å²) in [5.74, 6) is 0. The zero-order chi connectivity index (χ0) is 9.90. The average molecular weight is 199 g/mol. The van der Waals surface area contributed by atoms with Crippen LogP contribution < -0.4 is 10.1 Å². The number of ether oxygens (including phenoxy) is 1. The second kappa shape index (κ2) is 4.11. The number of nitrogens with one attached hydrogen (secondary N) is 1. The lowest BCUT2D eigenvalue weighted by molar-refractivity contribution is 0.425. The van der Waals surface area contributed by atoms with Crippen molar-refractivity contribution in [2.45, 2.75) is 32.9 Å². The van der Waals surface area contributed by atoms with Crippen LogP contribution in [0.4, 0.5) is 0 Å². The van der Waals surface area contributed by atoms with Crippen LogP contribution in [-0.4, -0.2) is 12.6 Å². The van der Waals surface area contributed by atoms with Gasteiger partial charge in [-0.05, 0) is 32.9 Å². The summed E-state index contributed by atoms with van der Waals surface area (Å²) < 4.78 is 5.12. The molecule has 0 aliphatic heterocycles. The molecule has 0 atom stereocenters. The standard InChI is InChI=1S/C10H17NOS/c1-10(2,3)11-7-8-5-6-9(12-4)13-8/h5-6,11H,7H2,1-4H3. The van der Waals surface area contributed by atoms with E-state index in [1.54, 1.807) is 18.4 Å². The first kappa shape index (κ1) is 10.5. The molecule has 1 aromatic heterocycles. The third kappa shape index (κ3) is 3.79. The second-order valence-corrected chi connectivity index (χ2v) is 5.16. The number of thiophene rings is 1. The van der Waals surface area contributed by atoms with Gasteiger partial charge in [-0.1, -0.05) is 0 Å². The second-order valence-electron chi connectivity index (χ2n) is 4.03. The Balaban J connectivity index is 2.46. The Hall–Kier alpha value is -0.540. The zero-order valence-corrected chi connectivity index (χ0v) is 9.49. The molecule has 0 bridgehead atoms. The maximum atomic E-state index is 5.12. The van der Waals surface area contributed by atoms with Crippen molar-refractivity contribution in [2.75, 3.05) is 7.11 Å². The van der Waals surface area contributed by atoms with E-state index in [2.05, 4.69) is 32.2 Å². The molecule has 1 N–H and O–H groups in total. The summed E-state index contributed by atoms with van der Waals surface area (Å²) in [4.78, 5) is 1.31. The number of rotatable bonds is 3. The van der Waals surface area contributed by atoms with Gasteiger partial charge in [0.2, 0.25) is 0 Å². The van der Waals surface area contributed by atoms with Crippen LogP contribution in [0.3, 0.4) is 0 Å². The van der Waals surface area contributed by atoms with E-state index in [-0.39, 0.29) is 5.54 Å². The van der Waals surface area contributed by atoms with Gasteiger partial charge in [-0.3, -0.25) is 0 Å². The Morgan fingerprint density at radius 2 is 2.08 bits per heavy atom. The molecule has 3 heteroatoms. The molecule has 0 aliphatic rings. The van der Waals surface area contributed by atoms with Crippen LogP contribution in [0.25, 0.3) is 0 Å². The smallest absolute Gasteiger partial charge is 0.173 e. The Labute approximate surface area is 83.9 Å². The summed E-state index contributed by atoms with van der Waals surface area (Å²) in [6.45, 7) is 7.41. The van der Waals surface area contributed by atoms with Gasteiger partial charge in [0.25, 0.3) is 0 Å². The van der Waals surface area contributed by atoms with Crippen LogP contribution in [0, 0.1) is 0 Å². The first-order chi connectivity index (χ1) is 6.01. The molecular formula is C10H17NOS. The fourth-order valence-corrected chi connectivity index (χ4v) is 1.67. The maximum Gasteiger partial charge on any atom is 0.173 e. The molecule has 0 aromatic carbocycles. The minimum atomic E-state index is 0.178. The van der Waals surface area contributed by atoms with Crippen LogP contribution in [0.1, 0.15) is 25.6 Å². The lowest BCUT2D eigenvalue weighted by Crippen LogP contribution is -2.34. The third-order valence-electron chi connectivity index (χ3n) is 1.63. The molecule has 1 rings (SSSR count). The van der Waals surface area contributed by atoms with Crippen molar-refractivity contribution < 1.29 is 4.74 Å². The lowest BCUT2D eigenvalue weighted by Gasteiger charge is -2.19. The highest BCUT2D eigenvalue weighted by atomic mass is 32.1. The average Bonchev–Trinajstić information content (AvgIpc) is 2.47. The van der Waals surface area contributed by atoms with E-state index < -0.39 is 0 Å². The van der Waals surface area contributed by atoms with Crippen molar-refractivity contribution in [2.24, 2.45) is 0 Å². The van der Waals surface area contributed by atoms with Gasteiger partial charge in [-0.25, -0.2) is 0 Å². The first-order valence-corrected chi connectivity index (χ1v) is 5.20. The maximum absolute atomic E-state index is 5.12. The molecule has 0 aliphatic carbocycles. The minimum absolute atomic E-state index is 0.178. The van der Waals surface area contributed by atoms with Gasteiger partial charge < -0.3 is 10.1 Å². The van der Waals surface area contributed by atoms with Crippen molar-refractivity contribution in [3.05, 3.63) is 17.0 Å². The molecule has 0 saturated carbocycles. The van der Waals surface area contributed by atoms with Crippen molar-refractivity contribution in [1.82, 2.24) is 5.32 Å². The molecule has 0 unspecified atom stereocenters. The first-order valence-electron chi connectivity index (χ1n) is 4.39. The van der Waals surface area contributed by atoms with Crippen LogP contribution in [0.15, 0.2) is 12.1 Å². The van der Waals surface area contributed by atoms with E-state index in [0.717, 1.165) is 11.6 Å². The van der Waals surface area contributed by atoms with Gasteiger partial charge in [0.1, 0.15) is 0 Å². The van der Waals surface area contributed by atoms with Crippen molar-refractivity contribution in [3.63, 3.8) is 0 Å². The predicted molar refractivity (Wildman–Crippen MR) is 57.5 cm³/mol. The van der Waals surface area contributed by atoms with Gasteiger partial charge in [0.05, 0.1) is 7.11 Å². The predicted octanol–water partition coefficient (Wildman–Crippen LogP) is 2.64. The van der Waals surface area contributed by atoms with Gasteiger partial charge in [0, 0.05) is 17.0 Å². The van der Waals surface area contributed by atoms with Crippen molar-refractivity contribution in [1.29, 1.82) is 0 Å². The van der Waals surface area contributed by atoms with E-state index >= 15 is 0 Å². The molecule has 0 radical (unpaired) electrons. The van der Waals surface area contributed by atoms with Crippen molar-refractivity contribution >= 4 is 11.3 Å². The number of hydrogen-bond donors (Lipinski definition) is 1. The normalized spacial score (nSPS) is 11.7. The van der Waals surface area contributed by atoms with Gasteiger partial charge in [-0.15, -0.1) is 11.3 Å². The molecule has 0 spiro atoms. The van der Waals surface area contributed by atoms with Crippen LogP contribution in [0.5, 0.6) is 5.06 Å². The number of methoxy groups -OCH3 is 1. The molecule has 1 aromatic rings. The van der Waals surface area contributed by atoms with E-state index in [1.807, 2.05) is 6.07 Å². The zero-order valence-electron chi connectivity index (χ0n) is 8.68. The monoisotopic (exact) mass is 199 g/mol. The summed E-state index contributed by atoms with van der Waals surface area (Å²) in [6, 6.07) is 4.10. The third-order valence-corrected chi connectivity index (χ3v) is 2.68. The highest BCUT2D eigenvalue weighted by molar-refractivity contribution is 7.13. The molecule has 0 saturated heterocycles. The van der Waals surface area contributed by atoms with Crippen LogP contribution in [-0.2, 0) is 6.54 Å². The van der Waals surface area contributed by atoms with E-state index in [1.165, 1.54) is 4.88 Å². The Kier molecular flexibility index (Phi) is 3.33. The highest BCUT2D eigenvalue weighted by Gasteiger charge is 2.09. The largest absolute Gasteiger partial charge is 0.487 e. The molecule has 1 heterocycles. The molecule has 0 amide bonds. The quantitative estimate of drug-likeness (QED) is 0.808. The fourth-order valence-electron chi connectivity index (χ4n) is 0.915. The molecule has 74 valence electrons. The summed E-state index contributed by atoms with van der Waals surface area (Å²) in [7, 11) is 1.70. The van der Waals surface area contributed by atoms with E-state index in [9.17, 15) is 0 Å². The highest BCUT2D eigenvalue weighted by Crippen LogP contribution is 2.23. The van der Waals surface area contributed by atoms with E-state index in [0.29, 0.717) is 0 Å². The minimum Gasteiger partial charge on any atom is -0.487 e. The van der Waals surface area contributed by atoms with Crippen molar-refractivity contribution in [3.8, 4) is 5.06 Å². The summed E-state index contributed by atoms with van der Waals surface area (Å²) in [5.41, 5.74) is 0.178.